The molecule has 0 aliphatic carbocycles. The zero-order valence-electron chi connectivity index (χ0n) is 6.83. The lowest BCUT2D eigenvalue weighted by atomic mass is 10.2. The summed E-state index contributed by atoms with van der Waals surface area (Å²) in [6, 6.07) is 7.79. The van der Waals surface area contributed by atoms with Crippen LogP contribution in [0.3, 0.4) is 0 Å². The Labute approximate surface area is 71.2 Å². The van der Waals surface area contributed by atoms with E-state index in [0.717, 1.165) is 18.0 Å². The fraction of sp³-hybridized carbons (Fsp3) is 0.222. The van der Waals surface area contributed by atoms with Gasteiger partial charge in [0, 0.05) is 7.05 Å². The third-order valence-corrected chi connectivity index (χ3v) is 2.04. The molecule has 0 radical (unpaired) electrons. The molecule has 0 spiro atoms. The lowest BCUT2D eigenvalue weighted by Gasteiger charge is -2.08. The van der Waals surface area contributed by atoms with E-state index in [1.54, 1.807) is 0 Å². The van der Waals surface area contributed by atoms with E-state index in [-0.39, 0.29) is 0 Å². The first kappa shape index (κ1) is 6.99. The Kier molecular flexibility index (Phi) is 1.41. The van der Waals surface area contributed by atoms with Crippen LogP contribution < -0.4 is 10.2 Å². The van der Waals surface area contributed by atoms with Crippen molar-refractivity contribution >= 4 is 11.4 Å². The van der Waals surface area contributed by atoms with Crippen LogP contribution in [0.2, 0.25) is 0 Å². The van der Waals surface area contributed by atoms with Gasteiger partial charge in [-0.2, -0.15) is 5.26 Å². The molecule has 1 aliphatic rings. The topological polar surface area (TPSA) is 39.1 Å². The number of nitrogens with zero attached hydrogens (tertiary/aromatic N) is 2. The SMILES string of the molecule is CN1CNc2cc(C#N)ccc21. The summed E-state index contributed by atoms with van der Waals surface area (Å²) in [5, 5.41) is 11.8. The van der Waals surface area contributed by atoms with Gasteiger partial charge < -0.3 is 10.2 Å². The van der Waals surface area contributed by atoms with Crippen LogP contribution in [0, 0.1) is 11.3 Å². The van der Waals surface area contributed by atoms with Gasteiger partial charge >= 0.3 is 0 Å². The molecule has 0 aromatic heterocycles. The molecule has 0 amide bonds. The Morgan fingerprint density at radius 2 is 2.42 bits per heavy atom. The second-order valence-electron chi connectivity index (χ2n) is 2.88. The average Bonchev–Trinajstić information content (AvgIpc) is 2.47. The highest BCUT2D eigenvalue weighted by atomic mass is 15.3. The van der Waals surface area contributed by atoms with E-state index in [2.05, 4.69) is 16.3 Å². The second-order valence-corrected chi connectivity index (χ2v) is 2.88. The van der Waals surface area contributed by atoms with Crippen molar-refractivity contribution in [3.8, 4) is 6.07 Å². The van der Waals surface area contributed by atoms with Gasteiger partial charge in [-0.1, -0.05) is 0 Å². The third kappa shape index (κ3) is 0.892. The zero-order chi connectivity index (χ0) is 8.55. The fourth-order valence-corrected chi connectivity index (χ4v) is 1.37. The van der Waals surface area contributed by atoms with Gasteiger partial charge in [-0.25, -0.2) is 0 Å². The first-order valence-electron chi connectivity index (χ1n) is 3.80. The van der Waals surface area contributed by atoms with Crippen LogP contribution in [-0.2, 0) is 0 Å². The number of benzene rings is 1. The van der Waals surface area contributed by atoms with Gasteiger partial charge in [0.15, 0.2) is 0 Å². The van der Waals surface area contributed by atoms with Gasteiger partial charge in [0.05, 0.1) is 29.7 Å². The van der Waals surface area contributed by atoms with Gasteiger partial charge in [-0.3, -0.25) is 0 Å². The molecule has 60 valence electrons. The van der Waals surface area contributed by atoms with Crippen LogP contribution in [-0.4, -0.2) is 13.7 Å². The predicted octanol–water partition coefficient (Wildman–Crippen LogP) is 1.38. The molecule has 12 heavy (non-hydrogen) atoms. The molecule has 3 nitrogen and oxygen atoms in total. The van der Waals surface area contributed by atoms with Crippen LogP contribution in [0.1, 0.15) is 5.56 Å². The quantitative estimate of drug-likeness (QED) is 0.621. The Morgan fingerprint density at radius 1 is 1.58 bits per heavy atom. The van der Waals surface area contributed by atoms with Crippen molar-refractivity contribution in [2.45, 2.75) is 0 Å². The fourth-order valence-electron chi connectivity index (χ4n) is 1.37. The van der Waals surface area contributed by atoms with Crippen LogP contribution in [0.5, 0.6) is 0 Å². The summed E-state index contributed by atoms with van der Waals surface area (Å²) < 4.78 is 0. The van der Waals surface area contributed by atoms with Crippen molar-refractivity contribution in [1.29, 1.82) is 5.26 Å². The standard InChI is InChI=1S/C9H9N3/c1-12-6-11-8-4-7(5-10)2-3-9(8)12/h2-4,11H,6H2,1H3. The van der Waals surface area contributed by atoms with Crippen molar-refractivity contribution in [2.75, 3.05) is 23.9 Å². The lowest BCUT2D eigenvalue weighted by Crippen LogP contribution is -2.15. The van der Waals surface area contributed by atoms with Crippen LogP contribution >= 0.6 is 0 Å². The number of nitriles is 1. The van der Waals surface area contributed by atoms with E-state index in [0.29, 0.717) is 5.56 Å². The molecule has 0 atom stereocenters. The highest BCUT2D eigenvalue weighted by molar-refractivity contribution is 5.75. The summed E-state index contributed by atoms with van der Waals surface area (Å²) >= 11 is 0. The van der Waals surface area contributed by atoms with E-state index in [4.69, 9.17) is 5.26 Å². The summed E-state index contributed by atoms with van der Waals surface area (Å²) in [4.78, 5) is 2.11. The second kappa shape index (κ2) is 2.42. The molecule has 1 heterocycles. The van der Waals surface area contributed by atoms with Crippen molar-refractivity contribution in [3.63, 3.8) is 0 Å². The lowest BCUT2D eigenvalue weighted by molar-refractivity contribution is 1.03. The summed E-state index contributed by atoms with van der Waals surface area (Å²) in [6.07, 6.45) is 0. The minimum absolute atomic E-state index is 0.705. The minimum atomic E-state index is 0.705. The molecular formula is C9H9N3. The largest absolute Gasteiger partial charge is 0.366 e. The highest BCUT2D eigenvalue weighted by Gasteiger charge is 2.14. The predicted molar refractivity (Wildman–Crippen MR) is 48.0 cm³/mol. The van der Waals surface area contributed by atoms with Crippen molar-refractivity contribution in [3.05, 3.63) is 23.8 Å². The Morgan fingerprint density at radius 3 is 3.17 bits per heavy atom. The minimum Gasteiger partial charge on any atom is -0.366 e. The molecule has 0 unspecified atom stereocenters. The first-order chi connectivity index (χ1) is 5.81. The molecule has 0 saturated heterocycles. The van der Waals surface area contributed by atoms with E-state index < -0.39 is 0 Å². The van der Waals surface area contributed by atoms with E-state index in [9.17, 15) is 0 Å². The Bertz CT molecular complexity index is 351. The molecule has 0 saturated carbocycles. The molecular weight excluding hydrogens is 150 g/mol. The zero-order valence-corrected chi connectivity index (χ0v) is 6.83. The van der Waals surface area contributed by atoms with Gasteiger partial charge in [0.25, 0.3) is 0 Å². The molecule has 2 rings (SSSR count). The monoisotopic (exact) mass is 159 g/mol. The van der Waals surface area contributed by atoms with Gasteiger partial charge in [0.2, 0.25) is 0 Å². The van der Waals surface area contributed by atoms with Crippen LogP contribution in [0.4, 0.5) is 11.4 Å². The molecule has 3 heteroatoms. The number of rotatable bonds is 0. The van der Waals surface area contributed by atoms with Gasteiger partial charge in [0.1, 0.15) is 0 Å². The van der Waals surface area contributed by atoms with E-state index in [1.807, 2.05) is 25.2 Å². The molecule has 0 fully saturated rings. The number of hydrogen-bond acceptors (Lipinski definition) is 3. The van der Waals surface area contributed by atoms with Crippen molar-refractivity contribution in [1.82, 2.24) is 0 Å². The molecule has 1 aliphatic heterocycles. The first-order valence-corrected chi connectivity index (χ1v) is 3.80. The molecule has 1 N–H and O–H groups in total. The number of hydrogen-bond donors (Lipinski definition) is 1. The average molecular weight is 159 g/mol. The van der Waals surface area contributed by atoms with Crippen molar-refractivity contribution in [2.24, 2.45) is 0 Å². The maximum absolute atomic E-state index is 8.64. The third-order valence-electron chi connectivity index (χ3n) is 2.04. The summed E-state index contributed by atoms with van der Waals surface area (Å²) in [6.45, 7) is 0.824. The Balaban J connectivity index is 2.50. The summed E-state index contributed by atoms with van der Waals surface area (Å²) in [5.74, 6) is 0. The number of anilines is 2. The summed E-state index contributed by atoms with van der Waals surface area (Å²) in [7, 11) is 2.02. The number of fused-ring (bicyclic) bond motifs is 1. The van der Waals surface area contributed by atoms with Gasteiger partial charge in [-0.05, 0) is 18.2 Å². The molecule has 0 bridgehead atoms. The van der Waals surface area contributed by atoms with E-state index in [1.165, 1.54) is 0 Å². The smallest absolute Gasteiger partial charge is 0.0992 e. The van der Waals surface area contributed by atoms with Gasteiger partial charge in [-0.15, -0.1) is 0 Å². The normalized spacial score (nSPS) is 13.5. The summed E-state index contributed by atoms with van der Waals surface area (Å²) in [5.41, 5.74) is 2.92. The van der Waals surface area contributed by atoms with E-state index >= 15 is 0 Å². The molecule has 1 aromatic carbocycles. The van der Waals surface area contributed by atoms with Crippen molar-refractivity contribution < 1.29 is 0 Å². The number of nitrogens with one attached hydrogen (secondary N) is 1. The highest BCUT2D eigenvalue weighted by Crippen LogP contribution is 2.30. The molecule has 1 aromatic rings. The van der Waals surface area contributed by atoms with Crippen LogP contribution in [0.25, 0.3) is 0 Å². The maximum atomic E-state index is 8.64. The maximum Gasteiger partial charge on any atom is 0.0992 e. The Hall–Kier alpha value is -1.69. The van der Waals surface area contributed by atoms with Crippen LogP contribution in [0.15, 0.2) is 18.2 Å².